The molecule has 2 aromatic carbocycles. The number of benzene rings is 2. The van der Waals surface area contributed by atoms with E-state index in [1.54, 1.807) is 18.2 Å². The van der Waals surface area contributed by atoms with Crippen LogP contribution in [0.2, 0.25) is 0 Å². The Morgan fingerprint density at radius 3 is 2.52 bits per heavy atom. The highest BCUT2D eigenvalue weighted by Crippen LogP contribution is 2.30. The minimum atomic E-state index is -4.50. The van der Waals surface area contributed by atoms with Gasteiger partial charge in [0.2, 0.25) is 11.8 Å². The third-order valence-corrected chi connectivity index (χ3v) is 3.66. The number of carbonyl (C=O) groups is 2. The Balaban J connectivity index is 1.81. The number of ether oxygens (including phenoxy) is 1. The lowest BCUT2D eigenvalue weighted by Crippen LogP contribution is -2.20. The van der Waals surface area contributed by atoms with E-state index in [4.69, 9.17) is 4.74 Å². The van der Waals surface area contributed by atoms with Gasteiger partial charge in [-0.25, -0.2) is 5.43 Å². The topological polar surface area (TPSA) is 79.8 Å². The molecule has 0 aliphatic carbocycles. The van der Waals surface area contributed by atoms with Gasteiger partial charge in [0.15, 0.2) is 0 Å². The molecule has 0 unspecified atom stereocenters. The van der Waals surface area contributed by atoms with Crippen molar-refractivity contribution in [2.75, 3.05) is 11.9 Å². The Bertz CT molecular complexity index is 883. The molecule has 29 heavy (non-hydrogen) atoms. The first kappa shape index (κ1) is 21.9. The lowest BCUT2D eigenvalue weighted by atomic mass is 10.2. The van der Waals surface area contributed by atoms with E-state index in [-0.39, 0.29) is 18.5 Å². The van der Waals surface area contributed by atoms with Gasteiger partial charge in [0.05, 0.1) is 18.4 Å². The van der Waals surface area contributed by atoms with E-state index < -0.39 is 23.6 Å². The third kappa shape index (κ3) is 7.28. The molecule has 9 heteroatoms. The average molecular weight is 407 g/mol. The number of rotatable bonds is 8. The lowest BCUT2D eigenvalue weighted by molar-refractivity contribution is -0.137. The molecule has 0 fully saturated rings. The Labute approximate surface area is 165 Å². The average Bonchev–Trinajstić information content (AvgIpc) is 2.67. The van der Waals surface area contributed by atoms with Crippen LogP contribution in [0.4, 0.5) is 18.9 Å². The molecule has 2 amide bonds. The van der Waals surface area contributed by atoms with Gasteiger partial charge >= 0.3 is 6.18 Å². The van der Waals surface area contributed by atoms with E-state index in [1.807, 2.05) is 13.0 Å². The maximum Gasteiger partial charge on any atom is 0.416 e. The van der Waals surface area contributed by atoms with Crippen LogP contribution in [0.5, 0.6) is 5.75 Å². The van der Waals surface area contributed by atoms with Gasteiger partial charge in [-0.05, 0) is 37.3 Å². The van der Waals surface area contributed by atoms with Gasteiger partial charge in [0, 0.05) is 24.1 Å². The van der Waals surface area contributed by atoms with Gasteiger partial charge in [0.1, 0.15) is 5.75 Å². The first-order chi connectivity index (χ1) is 13.8. The highest BCUT2D eigenvalue weighted by atomic mass is 19.4. The summed E-state index contributed by atoms with van der Waals surface area (Å²) in [4.78, 5) is 23.7. The molecule has 0 saturated carbocycles. The summed E-state index contributed by atoms with van der Waals surface area (Å²) < 4.78 is 43.5. The molecule has 0 spiro atoms. The number of hydrazone groups is 1. The maximum atomic E-state index is 12.7. The van der Waals surface area contributed by atoms with Gasteiger partial charge in [-0.1, -0.05) is 18.2 Å². The number of hydrogen-bond acceptors (Lipinski definition) is 4. The molecule has 0 radical (unpaired) electrons. The minimum absolute atomic E-state index is 0.00999. The highest BCUT2D eigenvalue weighted by molar-refractivity contribution is 5.93. The predicted octanol–water partition coefficient (Wildman–Crippen LogP) is 3.97. The second kappa shape index (κ2) is 10.3. The molecule has 0 heterocycles. The number of hydrogen-bond donors (Lipinski definition) is 2. The minimum Gasteiger partial charge on any atom is -0.493 e. The Morgan fingerprint density at radius 2 is 1.79 bits per heavy atom. The van der Waals surface area contributed by atoms with Crippen molar-refractivity contribution >= 4 is 23.7 Å². The monoisotopic (exact) mass is 407 g/mol. The Hall–Kier alpha value is -3.36. The number of para-hydroxylation sites is 1. The molecule has 0 aromatic heterocycles. The molecule has 0 bridgehead atoms. The molecular formula is C20H20F3N3O3. The van der Waals surface area contributed by atoms with Crippen LogP contribution < -0.4 is 15.5 Å². The van der Waals surface area contributed by atoms with Gasteiger partial charge in [-0.3, -0.25) is 9.59 Å². The number of nitrogens with one attached hydrogen (secondary N) is 2. The molecule has 154 valence electrons. The van der Waals surface area contributed by atoms with E-state index in [9.17, 15) is 22.8 Å². The Morgan fingerprint density at radius 1 is 1.07 bits per heavy atom. The van der Waals surface area contributed by atoms with Crippen LogP contribution in [0.3, 0.4) is 0 Å². The SMILES string of the molecule is CCOc1ccccc1C=NNC(=O)CCC(=O)Nc1cccc(C(F)(F)F)c1. The van der Waals surface area contributed by atoms with Crippen LogP contribution in [0.15, 0.2) is 53.6 Å². The number of nitrogens with zero attached hydrogens (tertiary/aromatic N) is 1. The molecule has 2 N–H and O–H groups in total. The fourth-order valence-corrected chi connectivity index (χ4v) is 2.33. The van der Waals surface area contributed by atoms with Crippen molar-refractivity contribution in [1.82, 2.24) is 5.43 Å². The van der Waals surface area contributed by atoms with Crippen molar-refractivity contribution in [3.05, 3.63) is 59.7 Å². The van der Waals surface area contributed by atoms with Gasteiger partial charge < -0.3 is 10.1 Å². The summed E-state index contributed by atoms with van der Waals surface area (Å²) in [5.74, 6) is -0.465. The number of carbonyl (C=O) groups excluding carboxylic acids is 2. The van der Waals surface area contributed by atoms with Gasteiger partial charge in [0.25, 0.3) is 0 Å². The van der Waals surface area contributed by atoms with Crippen LogP contribution in [0.25, 0.3) is 0 Å². The van der Waals surface area contributed by atoms with Crippen molar-refractivity contribution in [2.45, 2.75) is 25.9 Å². The fourth-order valence-electron chi connectivity index (χ4n) is 2.33. The zero-order valence-electron chi connectivity index (χ0n) is 15.6. The normalized spacial score (nSPS) is 11.3. The van der Waals surface area contributed by atoms with Crippen molar-refractivity contribution in [1.29, 1.82) is 0 Å². The summed E-state index contributed by atoms with van der Waals surface area (Å²) in [7, 11) is 0. The summed E-state index contributed by atoms with van der Waals surface area (Å²) in [6.45, 7) is 2.33. The van der Waals surface area contributed by atoms with Gasteiger partial charge in [-0.2, -0.15) is 18.3 Å². The second-order valence-electron chi connectivity index (χ2n) is 5.89. The highest BCUT2D eigenvalue weighted by Gasteiger charge is 2.30. The first-order valence-corrected chi connectivity index (χ1v) is 8.80. The zero-order chi connectivity index (χ0) is 21.3. The van der Waals surface area contributed by atoms with Crippen LogP contribution in [0, 0.1) is 0 Å². The molecular weight excluding hydrogens is 387 g/mol. The standard InChI is InChI=1S/C20H20F3N3O3/c1-2-29-17-9-4-3-6-14(17)13-24-26-19(28)11-10-18(27)25-16-8-5-7-15(12-16)20(21,22)23/h3-9,12-13H,2,10-11H2,1H3,(H,25,27)(H,26,28). The third-order valence-electron chi connectivity index (χ3n) is 3.66. The summed E-state index contributed by atoms with van der Waals surface area (Å²) in [6.07, 6.45) is -3.45. The lowest BCUT2D eigenvalue weighted by Gasteiger charge is -2.09. The number of halogens is 3. The van der Waals surface area contributed by atoms with E-state index in [0.717, 1.165) is 12.1 Å². The first-order valence-electron chi connectivity index (χ1n) is 8.80. The van der Waals surface area contributed by atoms with Crippen molar-refractivity contribution < 1.29 is 27.5 Å². The summed E-state index contributed by atoms with van der Waals surface area (Å²) in [5.41, 5.74) is 2.12. The van der Waals surface area contributed by atoms with E-state index in [1.165, 1.54) is 18.3 Å². The summed E-state index contributed by atoms with van der Waals surface area (Å²) in [6, 6.07) is 11.4. The smallest absolute Gasteiger partial charge is 0.416 e. The van der Waals surface area contributed by atoms with E-state index >= 15 is 0 Å². The fraction of sp³-hybridized carbons (Fsp3) is 0.250. The number of alkyl halides is 3. The van der Waals surface area contributed by atoms with E-state index in [0.29, 0.717) is 17.9 Å². The predicted molar refractivity (Wildman–Crippen MR) is 103 cm³/mol. The zero-order valence-corrected chi connectivity index (χ0v) is 15.6. The second-order valence-corrected chi connectivity index (χ2v) is 5.89. The van der Waals surface area contributed by atoms with Crippen molar-refractivity contribution in [3.8, 4) is 5.75 Å². The van der Waals surface area contributed by atoms with E-state index in [2.05, 4.69) is 15.8 Å². The number of amides is 2. The molecule has 0 atom stereocenters. The largest absolute Gasteiger partial charge is 0.493 e. The Kier molecular flexibility index (Phi) is 7.76. The molecule has 6 nitrogen and oxygen atoms in total. The summed E-state index contributed by atoms with van der Waals surface area (Å²) in [5, 5.41) is 6.16. The molecule has 0 saturated heterocycles. The maximum absolute atomic E-state index is 12.7. The van der Waals surface area contributed by atoms with Gasteiger partial charge in [-0.15, -0.1) is 0 Å². The van der Waals surface area contributed by atoms with Crippen molar-refractivity contribution in [2.24, 2.45) is 5.10 Å². The van der Waals surface area contributed by atoms with Crippen LogP contribution in [0.1, 0.15) is 30.9 Å². The molecule has 0 aliphatic rings. The quantitative estimate of drug-likeness (QED) is 0.513. The van der Waals surface area contributed by atoms with Crippen LogP contribution in [-0.2, 0) is 15.8 Å². The molecule has 0 aliphatic heterocycles. The molecule has 2 aromatic rings. The number of anilines is 1. The molecule has 2 rings (SSSR count). The van der Waals surface area contributed by atoms with Crippen LogP contribution in [-0.4, -0.2) is 24.6 Å². The van der Waals surface area contributed by atoms with Crippen LogP contribution >= 0.6 is 0 Å². The summed E-state index contributed by atoms with van der Waals surface area (Å²) >= 11 is 0. The van der Waals surface area contributed by atoms with Crippen molar-refractivity contribution in [3.63, 3.8) is 0 Å².